The largest absolute Gasteiger partial charge is 0.393 e. The van der Waals surface area contributed by atoms with Crippen LogP contribution in [0, 0.1) is 5.41 Å². The molecule has 0 aromatic carbocycles. The number of sulfonamides is 1. The molecular formula is C9H20N2O2S2. The zero-order valence-electron chi connectivity index (χ0n) is 9.70. The third-order valence-electron chi connectivity index (χ3n) is 1.51. The summed E-state index contributed by atoms with van der Waals surface area (Å²) in [5, 5.41) is 0. The molecule has 3 N–H and O–H groups in total. The van der Waals surface area contributed by atoms with Crippen LogP contribution in [0.2, 0.25) is 0 Å². The monoisotopic (exact) mass is 252 g/mol. The summed E-state index contributed by atoms with van der Waals surface area (Å²) in [7, 11) is -3.25. The summed E-state index contributed by atoms with van der Waals surface area (Å²) in [5.41, 5.74) is 5.08. The van der Waals surface area contributed by atoms with Crippen LogP contribution in [0.1, 0.15) is 34.1 Å². The molecule has 0 fully saturated rings. The smallest absolute Gasteiger partial charge is 0.212 e. The molecule has 0 bridgehead atoms. The van der Waals surface area contributed by atoms with Gasteiger partial charge in [0.15, 0.2) is 0 Å². The molecule has 0 aromatic heterocycles. The lowest BCUT2D eigenvalue weighted by Gasteiger charge is -2.20. The van der Waals surface area contributed by atoms with Crippen molar-refractivity contribution in [3.63, 3.8) is 0 Å². The predicted molar refractivity (Wildman–Crippen MR) is 67.2 cm³/mol. The minimum Gasteiger partial charge on any atom is -0.393 e. The van der Waals surface area contributed by atoms with Gasteiger partial charge in [-0.15, -0.1) is 0 Å². The third kappa shape index (κ3) is 8.77. The quantitative estimate of drug-likeness (QED) is 0.717. The minimum atomic E-state index is -3.25. The summed E-state index contributed by atoms with van der Waals surface area (Å²) in [6.07, 6.45) is 0.388. The van der Waals surface area contributed by atoms with Crippen LogP contribution in [0.25, 0.3) is 0 Å². The highest BCUT2D eigenvalue weighted by atomic mass is 32.2. The summed E-state index contributed by atoms with van der Waals surface area (Å²) < 4.78 is 25.8. The first-order valence-electron chi connectivity index (χ1n) is 4.80. The Morgan fingerprint density at radius 3 is 2.27 bits per heavy atom. The van der Waals surface area contributed by atoms with Gasteiger partial charge in [-0.25, -0.2) is 13.1 Å². The van der Waals surface area contributed by atoms with E-state index in [1.807, 2.05) is 20.8 Å². The van der Waals surface area contributed by atoms with Crippen molar-refractivity contribution >= 4 is 27.2 Å². The van der Waals surface area contributed by atoms with Crippen LogP contribution in [0.5, 0.6) is 0 Å². The van der Waals surface area contributed by atoms with Gasteiger partial charge in [0.2, 0.25) is 10.0 Å². The van der Waals surface area contributed by atoms with E-state index in [1.54, 1.807) is 6.92 Å². The van der Waals surface area contributed by atoms with E-state index >= 15 is 0 Å². The number of nitrogens with one attached hydrogen (secondary N) is 1. The fourth-order valence-electron chi connectivity index (χ4n) is 1.26. The molecular weight excluding hydrogens is 232 g/mol. The highest BCUT2D eigenvalue weighted by Crippen LogP contribution is 2.15. The lowest BCUT2D eigenvalue weighted by atomic mass is 10.0. The van der Waals surface area contributed by atoms with Gasteiger partial charge in [0.25, 0.3) is 0 Å². The van der Waals surface area contributed by atoms with Crippen molar-refractivity contribution in [1.82, 2.24) is 4.72 Å². The van der Waals surface area contributed by atoms with E-state index in [-0.39, 0.29) is 17.2 Å². The summed E-state index contributed by atoms with van der Waals surface area (Å²) in [6.45, 7) is 7.39. The SMILES string of the molecule is CC(CC(N)=S)NS(=O)(=O)CC(C)(C)C. The number of rotatable bonds is 5. The molecule has 0 rings (SSSR count). The lowest BCUT2D eigenvalue weighted by Crippen LogP contribution is -2.39. The average molecular weight is 252 g/mol. The van der Waals surface area contributed by atoms with E-state index < -0.39 is 10.0 Å². The second-order valence-corrected chi connectivity index (χ2v) is 7.29. The van der Waals surface area contributed by atoms with Gasteiger partial charge < -0.3 is 5.73 Å². The van der Waals surface area contributed by atoms with Crippen molar-refractivity contribution in [3.05, 3.63) is 0 Å². The molecule has 0 saturated heterocycles. The Bertz CT molecular complexity index is 317. The summed E-state index contributed by atoms with van der Waals surface area (Å²) in [6, 6.07) is -0.241. The second kappa shape index (κ2) is 5.23. The number of hydrogen-bond acceptors (Lipinski definition) is 3. The maximum absolute atomic E-state index is 11.6. The molecule has 0 aliphatic heterocycles. The van der Waals surface area contributed by atoms with Crippen LogP contribution in [0.15, 0.2) is 0 Å². The zero-order chi connectivity index (χ0) is 12.3. The molecule has 6 heteroatoms. The van der Waals surface area contributed by atoms with Crippen LogP contribution >= 0.6 is 12.2 Å². The molecule has 0 heterocycles. The Balaban J connectivity index is 4.33. The van der Waals surface area contributed by atoms with Crippen molar-refractivity contribution in [3.8, 4) is 0 Å². The number of hydrogen-bond donors (Lipinski definition) is 2. The van der Waals surface area contributed by atoms with E-state index in [1.165, 1.54) is 0 Å². The van der Waals surface area contributed by atoms with Crippen molar-refractivity contribution in [2.75, 3.05) is 5.75 Å². The van der Waals surface area contributed by atoms with Gasteiger partial charge in [-0.1, -0.05) is 33.0 Å². The molecule has 4 nitrogen and oxygen atoms in total. The Morgan fingerprint density at radius 1 is 1.47 bits per heavy atom. The number of thiocarbonyl (C=S) groups is 1. The van der Waals surface area contributed by atoms with Gasteiger partial charge >= 0.3 is 0 Å². The Hall–Kier alpha value is -0.200. The van der Waals surface area contributed by atoms with Crippen LogP contribution < -0.4 is 10.5 Å². The minimum absolute atomic E-state index is 0.0989. The van der Waals surface area contributed by atoms with Crippen molar-refractivity contribution in [2.24, 2.45) is 11.1 Å². The molecule has 15 heavy (non-hydrogen) atoms. The first-order chi connectivity index (χ1) is 6.52. The summed E-state index contributed by atoms with van der Waals surface area (Å²) >= 11 is 4.71. The maximum atomic E-state index is 11.6. The molecule has 1 atom stereocenters. The van der Waals surface area contributed by atoms with E-state index in [2.05, 4.69) is 4.72 Å². The average Bonchev–Trinajstić information content (AvgIpc) is 1.73. The van der Waals surface area contributed by atoms with Gasteiger partial charge in [-0.05, 0) is 12.3 Å². The molecule has 0 spiro atoms. The second-order valence-electron chi connectivity index (χ2n) is 5.01. The molecule has 0 aliphatic carbocycles. The van der Waals surface area contributed by atoms with Gasteiger partial charge in [0.05, 0.1) is 10.7 Å². The van der Waals surface area contributed by atoms with Crippen LogP contribution in [-0.4, -0.2) is 25.2 Å². The van der Waals surface area contributed by atoms with Gasteiger partial charge in [0, 0.05) is 12.5 Å². The fraction of sp³-hybridized carbons (Fsp3) is 0.889. The predicted octanol–water partition coefficient (Wildman–Crippen LogP) is 1.02. The van der Waals surface area contributed by atoms with Gasteiger partial charge in [-0.2, -0.15) is 0 Å². The highest BCUT2D eigenvalue weighted by Gasteiger charge is 2.23. The zero-order valence-corrected chi connectivity index (χ0v) is 11.3. The first kappa shape index (κ1) is 14.8. The fourth-order valence-corrected chi connectivity index (χ4v) is 3.43. The van der Waals surface area contributed by atoms with Crippen LogP contribution in [0.3, 0.4) is 0 Å². The molecule has 0 radical (unpaired) electrons. The maximum Gasteiger partial charge on any atom is 0.212 e. The molecule has 0 aromatic rings. The van der Waals surface area contributed by atoms with E-state index in [0.29, 0.717) is 11.4 Å². The first-order valence-corrected chi connectivity index (χ1v) is 6.86. The summed E-state index contributed by atoms with van der Waals surface area (Å²) in [4.78, 5) is 0.320. The van der Waals surface area contributed by atoms with E-state index in [4.69, 9.17) is 18.0 Å². The topological polar surface area (TPSA) is 72.2 Å². The Kier molecular flexibility index (Phi) is 5.16. The Labute approximate surface area is 97.7 Å². The van der Waals surface area contributed by atoms with Gasteiger partial charge in [0.1, 0.15) is 0 Å². The van der Waals surface area contributed by atoms with Crippen LogP contribution in [-0.2, 0) is 10.0 Å². The van der Waals surface area contributed by atoms with Gasteiger partial charge in [-0.3, -0.25) is 0 Å². The molecule has 0 amide bonds. The van der Waals surface area contributed by atoms with E-state index in [9.17, 15) is 8.42 Å². The van der Waals surface area contributed by atoms with E-state index in [0.717, 1.165) is 0 Å². The van der Waals surface area contributed by atoms with Crippen LogP contribution in [0.4, 0.5) is 0 Å². The van der Waals surface area contributed by atoms with Crippen molar-refractivity contribution in [2.45, 2.75) is 40.2 Å². The number of nitrogens with two attached hydrogens (primary N) is 1. The third-order valence-corrected chi connectivity index (χ3v) is 3.69. The molecule has 0 aliphatic rings. The molecule has 0 saturated carbocycles. The standard InChI is InChI=1S/C9H20N2O2S2/c1-7(5-8(10)14)11-15(12,13)6-9(2,3)4/h7,11H,5-6H2,1-4H3,(H2,10,14). The normalized spacial score (nSPS) is 14.9. The highest BCUT2D eigenvalue weighted by molar-refractivity contribution is 7.89. The molecule has 90 valence electrons. The molecule has 1 unspecified atom stereocenters. The summed E-state index contributed by atoms with van der Waals surface area (Å²) in [5.74, 6) is 0.0989. The van der Waals surface area contributed by atoms with Crippen molar-refractivity contribution in [1.29, 1.82) is 0 Å². The lowest BCUT2D eigenvalue weighted by molar-refractivity contribution is 0.455. The Morgan fingerprint density at radius 2 is 1.93 bits per heavy atom. The van der Waals surface area contributed by atoms with Crippen molar-refractivity contribution < 1.29 is 8.42 Å².